The summed E-state index contributed by atoms with van der Waals surface area (Å²) in [6.45, 7) is 0. The molecule has 0 spiro atoms. The molecule has 0 atom stereocenters. The Kier molecular flexibility index (Phi) is 2.19. The molecule has 90 valence electrons. The van der Waals surface area contributed by atoms with Crippen LogP contribution >= 0.6 is 0 Å². The number of carbonyl (C=O) groups is 1. The van der Waals surface area contributed by atoms with Crippen LogP contribution in [0.25, 0.3) is 22.4 Å². The quantitative estimate of drug-likeness (QED) is 0.728. The molecule has 0 amide bonds. The van der Waals surface area contributed by atoms with Crippen molar-refractivity contribution < 1.29 is 18.7 Å². The number of hydrogen-bond acceptors (Lipinski definition) is 2. The number of benzene rings is 1. The third-order valence-electron chi connectivity index (χ3n) is 2.66. The Morgan fingerprint density at radius 2 is 2.06 bits per heavy atom. The molecule has 2 heterocycles. The molecule has 0 aliphatic carbocycles. The number of halogens is 1. The Bertz CT molecular complexity index is 742. The maximum Gasteiger partial charge on any atom is 0.352 e. The van der Waals surface area contributed by atoms with E-state index in [1.807, 2.05) is 0 Å². The molecule has 0 unspecified atom stereocenters. The number of carboxylic acids is 1. The number of fused-ring (bicyclic) bond motifs is 1. The molecule has 0 saturated heterocycles. The average molecular weight is 245 g/mol. The third kappa shape index (κ3) is 1.66. The second-order valence-electron chi connectivity index (χ2n) is 3.88. The van der Waals surface area contributed by atoms with Gasteiger partial charge in [0.05, 0.1) is 5.69 Å². The van der Waals surface area contributed by atoms with Crippen LogP contribution in [0.5, 0.6) is 0 Å². The van der Waals surface area contributed by atoms with Crippen molar-refractivity contribution in [1.29, 1.82) is 0 Å². The molecule has 0 aliphatic heterocycles. The van der Waals surface area contributed by atoms with Gasteiger partial charge in [0.1, 0.15) is 17.1 Å². The lowest BCUT2D eigenvalue weighted by molar-refractivity contribution is 0.0691. The van der Waals surface area contributed by atoms with Crippen molar-refractivity contribution in [2.45, 2.75) is 0 Å². The van der Waals surface area contributed by atoms with E-state index < -0.39 is 5.97 Å². The number of aromatic nitrogens is 1. The summed E-state index contributed by atoms with van der Waals surface area (Å²) in [7, 11) is 0. The standard InChI is InChI=1S/C13H8FNO3/c14-8-2-1-7-5-12(18-11(7)6-8)9-3-4-10(15-9)13(16)17/h1-6,15H,(H,16,17). The molecule has 0 aliphatic rings. The van der Waals surface area contributed by atoms with Gasteiger partial charge in [-0.15, -0.1) is 0 Å². The van der Waals surface area contributed by atoms with E-state index in [0.717, 1.165) is 5.39 Å². The summed E-state index contributed by atoms with van der Waals surface area (Å²) < 4.78 is 18.5. The maximum atomic E-state index is 13.0. The highest BCUT2D eigenvalue weighted by Crippen LogP contribution is 2.27. The topological polar surface area (TPSA) is 66.2 Å². The average Bonchev–Trinajstić information content (AvgIpc) is 2.93. The molecule has 0 radical (unpaired) electrons. The fourth-order valence-corrected chi connectivity index (χ4v) is 1.80. The van der Waals surface area contributed by atoms with Gasteiger partial charge in [-0.1, -0.05) is 0 Å². The summed E-state index contributed by atoms with van der Waals surface area (Å²) in [4.78, 5) is 13.5. The molecule has 5 heteroatoms. The first kappa shape index (κ1) is 10.6. The molecule has 1 aromatic carbocycles. The van der Waals surface area contributed by atoms with E-state index in [1.54, 1.807) is 18.2 Å². The van der Waals surface area contributed by atoms with Crippen LogP contribution in [0.3, 0.4) is 0 Å². The first-order valence-corrected chi connectivity index (χ1v) is 5.25. The van der Waals surface area contributed by atoms with E-state index in [1.165, 1.54) is 18.2 Å². The van der Waals surface area contributed by atoms with Gasteiger partial charge < -0.3 is 14.5 Å². The molecule has 0 fully saturated rings. The van der Waals surface area contributed by atoms with Crippen molar-refractivity contribution in [3.63, 3.8) is 0 Å². The van der Waals surface area contributed by atoms with E-state index in [0.29, 0.717) is 17.0 Å². The number of carboxylic acid groups (broad SMARTS) is 1. The van der Waals surface area contributed by atoms with Gasteiger partial charge in [0.25, 0.3) is 0 Å². The fourth-order valence-electron chi connectivity index (χ4n) is 1.80. The molecule has 2 N–H and O–H groups in total. The zero-order chi connectivity index (χ0) is 12.7. The van der Waals surface area contributed by atoms with Gasteiger partial charge in [-0.05, 0) is 30.3 Å². The minimum absolute atomic E-state index is 0.0802. The third-order valence-corrected chi connectivity index (χ3v) is 2.66. The van der Waals surface area contributed by atoms with Crippen molar-refractivity contribution in [1.82, 2.24) is 4.98 Å². The van der Waals surface area contributed by atoms with Crippen molar-refractivity contribution in [3.05, 3.63) is 47.9 Å². The number of furan rings is 1. The highest BCUT2D eigenvalue weighted by atomic mass is 19.1. The normalized spacial score (nSPS) is 10.9. The highest BCUT2D eigenvalue weighted by Gasteiger charge is 2.11. The van der Waals surface area contributed by atoms with Crippen LogP contribution in [-0.2, 0) is 0 Å². The fraction of sp³-hybridized carbons (Fsp3) is 0. The van der Waals surface area contributed by atoms with Crippen molar-refractivity contribution in [2.75, 3.05) is 0 Å². The Balaban J connectivity index is 2.10. The van der Waals surface area contributed by atoms with E-state index in [4.69, 9.17) is 9.52 Å². The summed E-state index contributed by atoms with van der Waals surface area (Å²) in [5, 5.41) is 9.57. The minimum Gasteiger partial charge on any atom is -0.477 e. The number of hydrogen-bond donors (Lipinski definition) is 2. The largest absolute Gasteiger partial charge is 0.477 e. The summed E-state index contributed by atoms with van der Waals surface area (Å²) in [6.07, 6.45) is 0. The predicted octanol–water partition coefficient (Wildman–Crippen LogP) is 3.27. The Hall–Kier alpha value is -2.56. The summed E-state index contributed by atoms with van der Waals surface area (Å²) in [5.41, 5.74) is 1.05. The van der Waals surface area contributed by atoms with Crippen molar-refractivity contribution >= 4 is 16.9 Å². The predicted molar refractivity (Wildman–Crippen MR) is 62.9 cm³/mol. The summed E-state index contributed by atoms with van der Waals surface area (Å²) >= 11 is 0. The van der Waals surface area contributed by atoms with Crippen LogP contribution in [0.2, 0.25) is 0 Å². The Labute approximate surface area is 101 Å². The molecule has 4 nitrogen and oxygen atoms in total. The van der Waals surface area contributed by atoms with Gasteiger partial charge in [0, 0.05) is 11.5 Å². The molecule has 2 aromatic heterocycles. The van der Waals surface area contributed by atoms with Gasteiger partial charge in [-0.2, -0.15) is 0 Å². The van der Waals surface area contributed by atoms with Crippen LogP contribution < -0.4 is 0 Å². The molecule has 3 rings (SSSR count). The van der Waals surface area contributed by atoms with Gasteiger partial charge in [0.15, 0.2) is 5.76 Å². The number of nitrogens with one attached hydrogen (secondary N) is 1. The molecule has 18 heavy (non-hydrogen) atoms. The molecular formula is C13H8FNO3. The van der Waals surface area contributed by atoms with E-state index in [9.17, 15) is 9.18 Å². The van der Waals surface area contributed by atoms with Crippen LogP contribution in [0.4, 0.5) is 4.39 Å². The number of H-pyrrole nitrogens is 1. The SMILES string of the molecule is O=C(O)c1ccc(-c2cc3ccc(F)cc3o2)[nH]1. The first-order valence-electron chi connectivity index (χ1n) is 5.25. The second-order valence-corrected chi connectivity index (χ2v) is 3.88. The van der Waals surface area contributed by atoms with E-state index in [2.05, 4.69) is 4.98 Å². The lowest BCUT2D eigenvalue weighted by Gasteiger charge is -1.90. The van der Waals surface area contributed by atoms with Gasteiger partial charge in [0.2, 0.25) is 0 Å². The van der Waals surface area contributed by atoms with Gasteiger partial charge >= 0.3 is 5.97 Å². The minimum atomic E-state index is -1.04. The molecule has 0 saturated carbocycles. The zero-order valence-electron chi connectivity index (χ0n) is 9.11. The highest BCUT2D eigenvalue weighted by molar-refractivity contribution is 5.87. The molecular weight excluding hydrogens is 237 g/mol. The molecule has 3 aromatic rings. The van der Waals surface area contributed by atoms with E-state index >= 15 is 0 Å². The lowest BCUT2D eigenvalue weighted by atomic mass is 10.2. The summed E-state index contributed by atoms with van der Waals surface area (Å²) in [6, 6.07) is 9.03. The zero-order valence-corrected chi connectivity index (χ0v) is 9.11. The second kappa shape index (κ2) is 3.73. The monoisotopic (exact) mass is 245 g/mol. The van der Waals surface area contributed by atoms with Crippen LogP contribution in [0.1, 0.15) is 10.5 Å². The maximum absolute atomic E-state index is 13.0. The summed E-state index contributed by atoms with van der Waals surface area (Å²) in [5.74, 6) is -0.937. The Morgan fingerprint density at radius 1 is 1.22 bits per heavy atom. The van der Waals surface area contributed by atoms with E-state index in [-0.39, 0.29) is 11.5 Å². The van der Waals surface area contributed by atoms with Crippen LogP contribution in [-0.4, -0.2) is 16.1 Å². The lowest BCUT2D eigenvalue weighted by Crippen LogP contribution is -1.95. The van der Waals surface area contributed by atoms with Gasteiger partial charge in [-0.25, -0.2) is 9.18 Å². The number of aromatic amines is 1. The van der Waals surface area contributed by atoms with Crippen LogP contribution in [0, 0.1) is 5.82 Å². The molecule has 0 bridgehead atoms. The number of aromatic carboxylic acids is 1. The van der Waals surface area contributed by atoms with Crippen molar-refractivity contribution in [3.8, 4) is 11.5 Å². The van der Waals surface area contributed by atoms with Gasteiger partial charge in [-0.3, -0.25) is 0 Å². The first-order chi connectivity index (χ1) is 8.63. The number of rotatable bonds is 2. The van der Waals surface area contributed by atoms with Crippen molar-refractivity contribution in [2.24, 2.45) is 0 Å². The smallest absolute Gasteiger partial charge is 0.352 e. The van der Waals surface area contributed by atoms with Crippen LogP contribution in [0.15, 0.2) is 40.8 Å². The Morgan fingerprint density at radius 3 is 2.78 bits per heavy atom.